The Bertz CT molecular complexity index is 142. The largest absolute Gasteiger partial charge is 0.476 e. The van der Waals surface area contributed by atoms with Gasteiger partial charge in [-0.25, -0.2) is 0 Å². The van der Waals surface area contributed by atoms with E-state index in [4.69, 9.17) is 0 Å². The number of oxime groups is 1. The molecule has 0 unspecified atom stereocenters. The number of methoxy groups -OCH3 is 1. The van der Waals surface area contributed by atoms with Crippen LogP contribution in [0, 0.1) is 0 Å². The van der Waals surface area contributed by atoms with Crippen LogP contribution in [0.25, 0.3) is 0 Å². The molecule has 0 rings (SSSR count). The predicted octanol–water partition coefficient (Wildman–Crippen LogP) is 0.572. The second-order valence-corrected chi connectivity index (χ2v) is 1.56. The molecule has 0 radical (unpaired) electrons. The summed E-state index contributed by atoms with van der Waals surface area (Å²) in [4.78, 5) is 15.2. The SMILES string of the molecule is CCC(=O)/C(=N/OC)OC. The highest BCUT2D eigenvalue weighted by atomic mass is 16.6. The van der Waals surface area contributed by atoms with Crippen molar-refractivity contribution < 1.29 is 14.4 Å². The zero-order chi connectivity index (χ0) is 7.98. The summed E-state index contributed by atoms with van der Waals surface area (Å²) in [6.45, 7) is 1.73. The van der Waals surface area contributed by atoms with Gasteiger partial charge < -0.3 is 9.57 Å². The van der Waals surface area contributed by atoms with Crippen molar-refractivity contribution in [3.05, 3.63) is 0 Å². The van der Waals surface area contributed by atoms with Crippen LogP contribution < -0.4 is 0 Å². The number of hydrogen-bond donors (Lipinski definition) is 0. The van der Waals surface area contributed by atoms with Crippen LogP contribution in [0.3, 0.4) is 0 Å². The number of nitrogens with zero attached hydrogens (tertiary/aromatic N) is 1. The minimum absolute atomic E-state index is 0.0185. The highest BCUT2D eigenvalue weighted by Gasteiger charge is 2.08. The van der Waals surface area contributed by atoms with E-state index in [1.807, 2.05) is 0 Å². The predicted molar refractivity (Wildman–Crippen MR) is 36.8 cm³/mol. The van der Waals surface area contributed by atoms with Gasteiger partial charge in [0.25, 0.3) is 5.90 Å². The van der Waals surface area contributed by atoms with Crippen molar-refractivity contribution in [2.24, 2.45) is 5.16 Å². The average Bonchev–Trinajstić information content (AvgIpc) is 1.99. The quantitative estimate of drug-likeness (QED) is 0.331. The molecule has 0 aliphatic rings. The third-order valence-electron chi connectivity index (χ3n) is 0.927. The molecule has 10 heavy (non-hydrogen) atoms. The lowest BCUT2D eigenvalue weighted by Crippen LogP contribution is -2.14. The Morgan fingerprint density at radius 3 is 2.40 bits per heavy atom. The lowest BCUT2D eigenvalue weighted by Gasteiger charge is -1.98. The van der Waals surface area contributed by atoms with Crippen molar-refractivity contribution >= 4 is 11.7 Å². The molecular weight excluding hydrogens is 134 g/mol. The standard InChI is InChI=1S/C6H11NO3/c1-4-5(8)6(9-2)7-10-3/h4H2,1-3H3/b7-6-. The molecule has 0 spiro atoms. The first-order chi connectivity index (χ1) is 4.76. The Kier molecular flexibility index (Phi) is 4.28. The van der Waals surface area contributed by atoms with E-state index in [0.29, 0.717) is 6.42 Å². The molecule has 4 nitrogen and oxygen atoms in total. The van der Waals surface area contributed by atoms with E-state index >= 15 is 0 Å². The number of carbonyl (C=O) groups is 1. The zero-order valence-corrected chi connectivity index (χ0v) is 6.38. The molecule has 0 aliphatic heterocycles. The number of rotatable bonds is 3. The summed E-state index contributed by atoms with van der Waals surface area (Å²) in [5.74, 6) is -0.144. The number of ether oxygens (including phenoxy) is 1. The molecule has 0 bridgehead atoms. The van der Waals surface area contributed by atoms with Crippen LogP contribution in [0.2, 0.25) is 0 Å². The Labute approximate surface area is 59.8 Å². The minimum atomic E-state index is -0.163. The Hall–Kier alpha value is -1.06. The second-order valence-electron chi connectivity index (χ2n) is 1.56. The maximum atomic E-state index is 10.8. The van der Waals surface area contributed by atoms with Gasteiger partial charge in [-0.15, -0.1) is 0 Å². The van der Waals surface area contributed by atoms with Gasteiger partial charge in [-0.1, -0.05) is 6.92 Å². The summed E-state index contributed by atoms with van der Waals surface area (Å²) in [5, 5.41) is 3.36. The lowest BCUT2D eigenvalue weighted by molar-refractivity contribution is -0.114. The average molecular weight is 145 g/mol. The summed E-state index contributed by atoms with van der Waals surface area (Å²) >= 11 is 0. The number of carbonyl (C=O) groups excluding carboxylic acids is 1. The molecule has 0 N–H and O–H groups in total. The first-order valence-electron chi connectivity index (χ1n) is 2.94. The molecule has 0 aliphatic carbocycles. The molecule has 0 saturated carbocycles. The van der Waals surface area contributed by atoms with Gasteiger partial charge in [0.05, 0.1) is 7.11 Å². The smallest absolute Gasteiger partial charge is 0.293 e. The van der Waals surface area contributed by atoms with Crippen molar-refractivity contribution in [2.45, 2.75) is 13.3 Å². The van der Waals surface area contributed by atoms with Crippen molar-refractivity contribution in [1.82, 2.24) is 0 Å². The third-order valence-corrected chi connectivity index (χ3v) is 0.927. The molecule has 0 aromatic heterocycles. The summed E-state index contributed by atoms with van der Waals surface area (Å²) in [6, 6.07) is 0. The van der Waals surface area contributed by atoms with Crippen molar-refractivity contribution in [3.8, 4) is 0 Å². The first-order valence-corrected chi connectivity index (χ1v) is 2.94. The van der Waals surface area contributed by atoms with Gasteiger partial charge in [0.15, 0.2) is 0 Å². The van der Waals surface area contributed by atoms with Gasteiger partial charge in [0.2, 0.25) is 5.78 Å². The van der Waals surface area contributed by atoms with Gasteiger partial charge >= 0.3 is 0 Å². The second kappa shape index (κ2) is 4.78. The van der Waals surface area contributed by atoms with Crippen molar-refractivity contribution in [1.29, 1.82) is 0 Å². The highest BCUT2D eigenvalue weighted by Crippen LogP contribution is 1.88. The summed E-state index contributed by atoms with van der Waals surface area (Å²) in [5.41, 5.74) is 0. The van der Waals surface area contributed by atoms with E-state index < -0.39 is 0 Å². The van der Waals surface area contributed by atoms with Crippen LogP contribution in [0.5, 0.6) is 0 Å². The normalized spacial score (nSPS) is 10.9. The number of Topliss-reactive ketones (excluding diaryl/α,β-unsaturated/α-hetero) is 1. The van der Waals surface area contributed by atoms with Crippen LogP contribution in [0.15, 0.2) is 5.16 Å². The highest BCUT2D eigenvalue weighted by molar-refractivity contribution is 6.35. The maximum absolute atomic E-state index is 10.8. The zero-order valence-electron chi connectivity index (χ0n) is 6.38. The third kappa shape index (κ3) is 2.48. The Balaban J connectivity index is 4.06. The van der Waals surface area contributed by atoms with Crippen LogP contribution in [0.4, 0.5) is 0 Å². The Morgan fingerprint density at radius 2 is 2.10 bits per heavy atom. The van der Waals surface area contributed by atoms with Crippen molar-refractivity contribution in [2.75, 3.05) is 14.2 Å². The van der Waals surface area contributed by atoms with Gasteiger partial charge in [-0.05, 0) is 5.16 Å². The van der Waals surface area contributed by atoms with E-state index in [0.717, 1.165) is 0 Å². The van der Waals surface area contributed by atoms with Crippen LogP contribution in [0.1, 0.15) is 13.3 Å². The summed E-state index contributed by atoms with van der Waals surface area (Å²) in [7, 11) is 2.74. The molecular formula is C6H11NO3. The summed E-state index contributed by atoms with van der Waals surface area (Å²) < 4.78 is 4.62. The maximum Gasteiger partial charge on any atom is 0.293 e. The molecule has 0 fully saturated rings. The van der Waals surface area contributed by atoms with E-state index in [1.54, 1.807) is 6.92 Å². The fourth-order valence-electron chi connectivity index (χ4n) is 0.436. The van der Waals surface area contributed by atoms with Crippen LogP contribution in [-0.2, 0) is 14.4 Å². The molecule has 0 aromatic carbocycles. The fourth-order valence-corrected chi connectivity index (χ4v) is 0.436. The van der Waals surface area contributed by atoms with Gasteiger partial charge in [-0.2, -0.15) is 0 Å². The Morgan fingerprint density at radius 1 is 1.50 bits per heavy atom. The molecule has 0 saturated heterocycles. The first kappa shape index (κ1) is 8.94. The molecule has 0 aromatic rings. The van der Waals surface area contributed by atoms with Gasteiger partial charge in [0.1, 0.15) is 7.11 Å². The molecule has 0 amide bonds. The number of hydrogen-bond acceptors (Lipinski definition) is 4. The van der Waals surface area contributed by atoms with E-state index in [2.05, 4.69) is 14.7 Å². The van der Waals surface area contributed by atoms with Crippen LogP contribution >= 0.6 is 0 Å². The van der Waals surface area contributed by atoms with Crippen molar-refractivity contribution in [3.63, 3.8) is 0 Å². The monoisotopic (exact) mass is 145 g/mol. The molecule has 58 valence electrons. The number of ketones is 1. The van der Waals surface area contributed by atoms with E-state index in [-0.39, 0.29) is 11.7 Å². The summed E-state index contributed by atoms with van der Waals surface area (Å²) in [6.07, 6.45) is 0.371. The van der Waals surface area contributed by atoms with E-state index in [1.165, 1.54) is 14.2 Å². The van der Waals surface area contributed by atoms with Gasteiger partial charge in [0, 0.05) is 6.42 Å². The van der Waals surface area contributed by atoms with Crippen LogP contribution in [-0.4, -0.2) is 25.9 Å². The van der Waals surface area contributed by atoms with Gasteiger partial charge in [-0.3, -0.25) is 4.79 Å². The minimum Gasteiger partial charge on any atom is -0.476 e. The molecule has 0 atom stereocenters. The molecule has 4 heteroatoms. The lowest BCUT2D eigenvalue weighted by atomic mass is 10.3. The topological polar surface area (TPSA) is 47.9 Å². The molecule has 0 heterocycles. The van der Waals surface area contributed by atoms with E-state index in [9.17, 15) is 4.79 Å². The fraction of sp³-hybridized carbons (Fsp3) is 0.667.